The van der Waals surface area contributed by atoms with Gasteiger partial charge in [0, 0.05) is 24.5 Å². The molecular weight excluding hydrogens is 365 g/mol. The average molecular weight is 389 g/mol. The smallest absolute Gasteiger partial charge is 0.254 e. The van der Waals surface area contributed by atoms with E-state index in [0.717, 1.165) is 35.1 Å². The van der Waals surface area contributed by atoms with E-state index in [-0.39, 0.29) is 11.7 Å². The molecule has 1 aromatic heterocycles. The van der Waals surface area contributed by atoms with Crippen molar-refractivity contribution in [1.82, 2.24) is 10.3 Å². The SMILES string of the molecule is CCSc1cc(N2CCOCC2)nc(C)c1C(=O)NCc1ccc(F)cc1. The quantitative estimate of drug-likeness (QED) is 0.768. The van der Waals surface area contributed by atoms with Gasteiger partial charge in [0.2, 0.25) is 0 Å². The third-order valence-corrected chi connectivity index (χ3v) is 5.30. The van der Waals surface area contributed by atoms with Crippen molar-refractivity contribution >= 4 is 23.5 Å². The first kappa shape index (κ1) is 19.6. The van der Waals surface area contributed by atoms with E-state index in [4.69, 9.17) is 4.74 Å². The highest BCUT2D eigenvalue weighted by Gasteiger charge is 2.20. The Hall–Kier alpha value is -2.12. The number of carbonyl (C=O) groups is 1. The molecule has 5 nitrogen and oxygen atoms in total. The number of carbonyl (C=O) groups excluding carboxylic acids is 1. The first-order chi connectivity index (χ1) is 13.1. The van der Waals surface area contributed by atoms with Crippen LogP contribution in [-0.4, -0.2) is 42.9 Å². The fraction of sp³-hybridized carbons (Fsp3) is 0.400. The third kappa shape index (κ3) is 4.99. The number of nitrogens with zero attached hydrogens (tertiary/aromatic N) is 2. The predicted octanol–water partition coefficient (Wildman–Crippen LogP) is 3.41. The summed E-state index contributed by atoms with van der Waals surface area (Å²) < 4.78 is 18.4. The second-order valence-corrected chi connectivity index (χ2v) is 7.59. The number of benzene rings is 1. The highest BCUT2D eigenvalue weighted by atomic mass is 32.2. The van der Waals surface area contributed by atoms with Gasteiger partial charge in [0.1, 0.15) is 11.6 Å². The van der Waals surface area contributed by atoms with E-state index >= 15 is 0 Å². The van der Waals surface area contributed by atoms with Crippen molar-refractivity contribution < 1.29 is 13.9 Å². The van der Waals surface area contributed by atoms with Crippen LogP contribution in [0, 0.1) is 12.7 Å². The van der Waals surface area contributed by atoms with Crippen molar-refractivity contribution in [3.63, 3.8) is 0 Å². The molecular formula is C20H24FN3O2S. The number of aromatic nitrogens is 1. The number of anilines is 1. The molecule has 2 heterocycles. The lowest BCUT2D eigenvalue weighted by Gasteiger charge is -2.29. The second-order valence-electron chi connectivity index (χ2n) is 6.28. The van der Waals surface area contributed by atoms with Gasteiger partial charge in [0.25, 0.3) is 5.91 Å². The van der Waals surface area contributed by atoms with Crippen molar-refractivity contribution in [3.05, 3.63) is 53.0 Å². The first-order valence-electron chi connectivity index (χ1n) is 9.08. The second kappa shape index (κ2) is 9.19. The predicted molar refractivity (Wildman–Crippen MR) is 106 cm³/mol. The number of hydrogen-bond acceptors (Lipinski definition) is 5. The maximum absolute atomic E-state index is 13.0. The van der Waals surface area contributed by atoms with Crippen molar-refractivity contribution in [3.8, 4) is 0 Å². The van der Waals surface area contributed by atoms with Crippen molar-refractivity contribution in [2.75, 3.05) is 37.0 Å². The number of nitrogens with one attached hydrogen (secondary N) is 1. The van der Waals surface area contributed by atoms with E-state index in [0.29, 0.717) is 31.0 Å². The highest BCUT2D eigenvalue weighted by Crippen LogP contribution is 2.29. The molecule has 0 spiro atoms. The maximum Gasteiger partial charge on any atom is 0.254 e. The first-order valence-corrected chi connectivity index (χ1v) is 10.1. The van der Waals surface area contributed by atoms with E-state index in [2.05, 4.69) is 22.1 Å². The molecule has 0 unspecified atom stereocenters. The van der Waals surface area contributed by atoms with Crippen molar-refractivity contribution in [2.24, 2.45) is 0 Å². The number of morpholine rings is 1. The summed E-state index contributed by atoms with van der Waals surface area (Å²) in [6.45, 7) is 7.27. The van der Waals surface area contributed by atoms with Crippen LogP contribution in [0.15, 0.2) is 35.2 Å². The third-order valence-electron chi connectivity index (χ3n) is 4.38. The molecule has 144 valence electrons. The molecule has 1 aromatic carbocycles. The molecule has 1 aliphatic rings. The van der Waals surface area contributed by atoms with Gasteiger partial charge in [-0.2, -0.15) is 0 Å². The van der Waals surface area contributed by atoms with E-state index in [9.17, 15) is 9.18 Å². The Morgan fingerprint density at radius 3 is 2.67 bits per heavy atom. The van der Waals surface area contributed by atoms with Gasteiger partial charge in [-0.05, 0) is 36.4 Å². The Morgan fingerprint density at radius 2 is 2.00 bits per heavy atom. The highest BCUT2D eigenvalue weighted by molar-refractivity contribution is 7.99. The summed E-state index contributed by atoms with van der Waals surface area (Å²) in [5, 5.41) is 2.93. The van der Waals surface area contributed by atoms with Crippen LogP contribution in [0.2, 0.25) is 0 Å². The summed E-state index contributed by atoms with van der Waals surface area (Å²) in [4.78, 5) is 20.6. The monoisotopic (exact) mass is 389 g/mol. The molecule has 1 fully saturated rings. The van der Waals surface area contributed by atoms with Gasteiger partial charge in [-0.1, -0.05) is 19.1 Å². The Labute approximate surface area is 163 Å². The van der Waals surface area contributed by atoms with E-state index in [1.165, 1.54) is 12.1 Å². The zero-order chi connectivity index (χ0) is 19.2. The zero-order valence-electron chi connectivity index (χ0n) is 15.6. The molecule has 0 atom stereocenters. The average Bonchev–Trinajstić information content (AvgIpc) is 2.68. The Balaban J connectivity index is 1.79. The number of hydrogen-bond donors (Lipinski definition) is 1. The summed E-state index contributed by atoms with van der Waals surface area (Å²) in [5.74, 6) is 1.31. The molecule has 1 amide bonds. The summed E-state index contributed by atoms with van der Waals surface area (Å²) in [6.07, 6.45) is 0. The minimum absolute atomic E-state index is 0.159. The lowest BCUT2D eigenvalue weighted by Crippen LogP contribution is -2.37. The lowest BCUT2D eigenvalue weighted by atomic mass is 10.1. The maximum atomic E-state index is 13.0. The molecule has 1 N–H and O–H groups in total. The molecule has 0 aliphatic carbocycles. The molecule has 1 aliphatic heterocycles. The van der Waals surface area contributed by atoms with Gasteiger partial charge in [-0.15, -0.1) is 11.8 Å². The Morgan fingerprint density at radius 1 is 1.30 bits per heavy atom. The molecule has 0 radical (unpaired) electrons. The number of aryl methyl sites for hydroxylation is 1. The molecule has 3 rings (SSSR count). The van der Waals surface area contributed by atoms with Crippen LogP contribution in [0.25, 0.3) is 0 Å². The Bertz CT molecular complexity index is 793. The van der Waals surface area contributed by atoms with E-state index < -0.39 is 0 Å². The van der Waals surface area contributed by atoms with Crippen molar-refractivity contribution in [1.29, 1.82) is 0 Å². The number of ether oxygens (including phenoxy) is 1. The number of rotatable bonds is 6. The molecule has 27 heavy (non-hydrogen) atoms. The number of pyridine rings is 1. The minimum atomic E-state index is -0.287. The normalized spacial score (nSPS) is 14.3. The topological polar surface area (TPSA) is 54.5 Å². The van der Waals surface area contributed by atoms with Crippen LogP contribution in [0.3, 0.4) is 0 Å². The van der Waals surface area contributed by atoms with E-state index in [1.54, 1.807) is 23.9 Å². The molecule has 1 saturated heterocycles. The van der Waals surface area contributed by atoms with Crippen molar-refractivity contribution in [2.45, 2.75) is 25.3 Å². The van der Waals surface area contributed by atoms with Crippen LogP contribution in [-0.2, 0) is 11.3 Å². The fourth-order valence-electron chi connectivity index (χ4n) is 3.00. The Kier molecular flexibility index (Phi) is 6.68. The van der Waals surface area contributed by atoms with Gasteiger partial charge in [0.15, 0.2) is 0 Å². The van der Waals surface area contributed by atoms with Gasteiger partial charge < -0.3 is 15.0 Å². The number of amides is 1. The van der Waals surface area contributed by atoms with E-state index in [1.807, 2.05) is 13.0 Å². The van der Waals surface area contributed by atoms with Crippen LogP contribution in [0.4, 0.5) is 10.2 Å². The molecule has 2 aromatic rings. The largest absolute Gasteiger partial charge is 0.378 e. The molecule has 0 saturated carbocycles. The zero-order valence-corrected chi connectivity index (χ0v) is 16.4. The summed E-state index contributed by atoms with van der Waals surface area (Å²) in [6, 6.07) is 8.13. The lowest BCUT2D eigenvalue weighted by molar-refractivity contribution is 0.0946. The van der Waals surface area contributed by atoms with Crippen LogP contribution >= 0.6 is 11.8 Å². The fourth-order valence-corrected chi connectivity index (χ4v) is 3.89. The standard InChI is InChI=1S/C20H24FN3O2S/c1-3-27-17-12-18(24-8-10-26-11-9-24)23-14(2)19(17)20(25)22-13-15-4-6-16(21)7-5-15/h4-7,12H,3,8-11,13H2,1-2H3,(H,22,25). The molecule has 7 heteroatoms. The number of halogens is 1. The summed E-state index contributed by atoms with van der Waals surface area (Å²) >= 11 is 1.64. The minimum Gasteiger partial charge on any atom is -0.378 e. The number of thioether (sulfide) groups is 1. The van der Waals surface area contributed by atoms with Gasteiger partial charge >= 0.3 is 0 Å². The van der Waals surface area contributed by atoms with Crippen LogP contribution < -0.4 is 10.2 Å². The summed E-state index contributed by atoms with van der Waals surface area (Å²) in [5.41, 5.74) is 2.18. The van der Waals surface area contributed by atoms with Gasteiger partial charge in [-0.3, -0.25) is 4.79 Å². The summed E-state index contributed by atoms with van der Waals surface area (Å²) in [7, 11) is 0. The van der Waals surface area contributed by atoms with Crippen LogP contribution in [0.5, 0.6) is 0 Å². The van der Waals surface area contributed by atoms with Crippen LogP contribution in [0.1, 0.15) is 28.5 Å². The molecule has 0 bridgehead atoms. The van der Waals surface area contributed by atoms with Gasteiger partial charge in [0.05, 0.1) is 24.5 Å². The van der Waals surface area contributed by atoms with Gasteiger partial charge in [-0.25, -0.2) is 9.37 Å².